The maximum atomic E-state index is 13.1. The number of nitrogens with zero attached hydrogens (tertiary/aromatic N) is 1. The summed E-state index contributed by atoms with van der Waals surface area (Å²) >= 11 is 0. The summed E-state index contributed by atoms with van der Waals surface area (Å²) in [4.78, 5) is 27.7. The fraction of sp³-hybridized carbons (Fsp3) is 0.733. The number of carbonyl (C=O) groups excluding carboxylic acids is 2. The van der Waals surface area contributed by atoms with Gasteiger partial charge in [-0.1, -0.05) is 50.3 Å². The third-order valence-corrected chi connectivity index (χ3v) is 7.44. The molecule has 0 aromatic rings. The Kier molecular flexibility index (Phi) is 16.6. The molecule has 1 aliphatic rings. The summed E-state index contributed by atoms with van der Waals surface area (Å²) in [6, 6.07) is -0.946. The molecule has 2 atom stereocenters. The first-order valence-electron chi connectivity index (χ1n) is 14.3. The maximum Gasteiger partial charge on any atom is 0.317 e. The fourth-order valence-corrected chi connectivity index (χ4v) is 4.08. The van der Waals surface area contributed by atoms with Crippen LogP contribution in [0.25, 0.3) is 0 Å². The molecule has 0 aliphatic carbocycles. The topological polar surface area (TPSA) is 103 Å². The highest BCUT2D eigenvalue weighted by Crippen LogP contribution is 2.33. The minimum absolute atomic E-state index is 0.0433. The van der Waals surface area contributed by atoms with Gasteiger partial charge in [0.25, 0.3) is 0 Å². The Morgan fingerprint density at radius 3 is 2.59 bits per heavy atom. The molecule has 0 aromatic carbocycles. The summed E-state index contributed by atoms with van der Waals surface area (Å²) < 4.78 is 17.2. The summed E-state index contributed by atoms with van der Waals surface area (Å²) in [6.07, 6.45) is 13.0. The molecule has 0 unspecified atom stereocenters. The van der Waals surface area contributed by atoms with Crippen LogP contribution in [0.2, 0.25) is 0 Å². The molecule has 1 fully saturated rings. The molecule has 1 radical (unpaired) electrons. The molecule has 1 saturated heterocycles. The molecular weight excluding hydrogens is 493 g/mol. The quantitative estimate of drug-likeness (QED) is 0.223. The Morgan fingerprint density at radius 1 is 1.15 bits per heavy atom. The van der Waals surface area contributed by atoms with Crippen molar-refractivity contribution in [1.29, 1.82) is 0 Å². The van der Waals surface area contributed by atoms with Gasteiger partial charge in [0.2, 0.25) is 11.8 Å². The molecule has 1 aliphatic heterocycles. The molecule has 2 amide bonds. The monoisotopic (exact) mass is 546 g/mol. The Hall–Kier alpha value is -1.94. The molecule has 9 heteroatoms. The molecule has 0 aromatic heterocycles. The summed E-state index contributed by atoms with van der Waals surface area (Å²) in [5, 5.41) is 3.01. The molecule has 1 heterocycles. The Bertz CT molecular complexity index is 802. The van der Waals surface area contributed by atoms with Crippen LogP contribution in [0.3, 0.4) is 0 Å². The van der Waals surface area contributed by atoms with Crippen molar-refractivity contribution in [3.63, 3.8) is 0 Å². The van der Waals surface area contributed by atoms with Crippen LogP contribution in [-0.4, -0.2) is 81.8 Å². The van der Waals surface area contributed by atoms with Crippen molar-refractivity contribution < 1.29 is 23.7 Å². The number of methoxy groups -OCH3 is 1. The lowest BCUT2D eigenvalue weighted by Crippen LogP contribution is -2.52. The van der Waals surface area contributed by atoms with Crippen LogP contribution in [-0.2, 0) is 23.7 Å². The first-order valence-corrected chi connectivity index (χ1v) is 14.3. The van der Waals surface area contributed by atoms with E-state index < -0.39 is 11.6 Å². The highest BCUT2D eigenvalue weighted by molar-refractivity contribution is 6.30. The van der Waals surface area contributed by atoms with Gasteiger partial charge in [-0.25, -0.2) is 0 Å². The van der Waals surface area contributed by atoms with E-state index in [0.29, 0.717) is 32.7 Å². The van der Waals surface area contributed by atoms with Crippen LogP contribution in [0.4, 0.5) is 0 Å². The summed E-state index contributed by atoms with van der Waals surface area (Å²) in [5.74, 6) is -0.858. The summed E-state index contributed by atoms with van der Waals surface area (Å²) in [7, 11) is 3.37. The van der Waals surface area contributed by atoms with Gasteiger partial charge < -0.3 is 30.1 Å². The Balaban J connectivity index is 2.80. The minimum Gasteiger partial charge on any atom is -0.433 e. The number of nitrogens with one attached hydrogen (secondary N) is 1. The lowest BCUT2D eigenvalue weighted by atomic mass is 9.74. The number of nitrogens with two attached hydrogens (primary N) is 1. The number of allylic oxidation sites excluding steroid dienone is 5. The number of rotatable bonds is 16. The molecule has 3 N–H and O–H groups in total. The van der Waals surface area contributed by atoms with Crippen LogP contribution in [0.15, 0.2) is 36.5 Å². The van der Waals surface area contributed by atoms with Gasteiger partial charge in [-0.15, -0.1) is 0 Å². The van der Waals surface area contributed by atoms with Gasteiger partial charge in [-0.3, -0.25) is 9.59 Å². The van der Waals surface area contributed by atoms with Crippen molar-refractivity contribution in [2.75, 3.05) is 40.0 Å². The third-order valence-electron chi connectivity index (χ3n) is 7.44. The second-order valence-corrected chi connectivity index (χ2v) is 11.5. The van der Waals surface area contributed by atoms with E-state index in [0.717, 1.165) is 44.3 Å². The SMILES string of the molecule is C=C(/C=C\C=C/C)CCC[C@H]([B]OC(C)(C)C(C)(C)COC)NC(=O)[C@H](N)CC(=O)N1CCCCCOCC1. The molecule has 8 nitrogen and oxygen atoms in total. The average molecular weight is 547 g/mol. The molecular formula is C30H53BN3O5. The van der Waals surface area contributed by atoms with Crippen molar-refractivity contribution >= 4 is 19.3 Å². The number of carbonyl (C=O) groups is 2. The maximum absolute atomic E-state index is 13.1. The lowest BCUT2D eigenvalue weighted by Gasteiger charge is -2.42. The van der Waals surface area contributed by atoms with Gasteiger partial charge >= 0.3 is 7.48 Å². The van der Waals surface area contributed by atoms with Gasteiger partial charge in [0.15, 0.2) is 0 Å². The fourth-order valence-electron chi connectivity index (χ4n) is 4.08. The molecule has 0 spiro atoms. The molecule has 221 valence electrons. The highest BCUT2D eigenvalue weighted by Gasteiger charge is 2.38. The zero-order chi connectivity index (χ0) is 29.3. The predicted molar refractivity (Wildman–Crippen MR) is 159 cm³/mol. The van der Waals surface area contributed by atoms with Crippen LogP contribution < -0.4 is 11.1 Å². The van der Waals surface area contributed by atoms with E-state index in [1.807, 2.05) is 45.1 Å². The second kappa shape index (κ2) is 18.4. The average Bonchev–Trinajstić information content (AvgIpc) is 3.01. The number of ether oxygens (including phenoxy) is 2. The van der Waals surface area contributed by atoms with E-state index in [4.69, 9.17) is 19.9 Å². The Labute approximate surface area is 238 Å². The van der Waals surface area contributed by atoms with Gasteiger partial charge in [-0.2, -0.15) is 0 Å². The summed E-state index contributed by atoms with van der Waals surface area (Å²) in [5.41, 5.74) is 6.41. The van der Waals surface area contributed by atoms with Crippen LogP contribution in [0.5, 0.6) is 0 Å². The zero-order valence-electron chi connectivity index (χ0n) is 25.3. The van der Waals surface area contributed by atoms with Crippen molar-refractivity contribution in [1.82, 2.24) is 10.2 Å². The zero-order valence-corrected chi connectivity index (χ0v) is 25.3. The third kappa shape index (κ3) is 13.8. The molecule has 39 heavy (non-hydrogen) atoms. The lowest BCUT2D eigenvalue weighted by molar-refractivity contribution is -0.135. The van der Waals surface area contributed by atoms with Crippen LogP contribution in [0, 0.1) is 5.41 Å². The summed E-state index contributed by atoms with van der Waals surface area (Å²) in [6.45, 7) is 17.2. The van der Waals surface area contributed by atoms with Crippen molar-refractivity contribution in [3.05, 3.63) is 36.5 Å². The highest BCUT2D eigenvalue weighted by atomic mass is 16.5. The second-order valence-electron chi connectivity index (χ2n) is 11.5. The largest absolute Gasteiger partial charge is 0.433 e. The van der Waals surface area contributed by atoms with E-state index in [1.54, 1.807) is 19.5 Å². The van der Waals surface area contributed by atoms with Gasteiger partial charge in [0.1, 0.15) is 0 Å². The number of hydrogen-bond acceptors (Lipinski definition) is 6. The minimum atomic E-state index is -0.946. The van der Waals surface area contributed by atoms with Gasteiger partial charge in [-0.05, 0) is 59.3 Å². The van der Waals surface area contributed by atoms with Crippen molar-refractivity contribution in [2.45, 2.75) is 97.1 Å². The van der Waals surface area contributed by atoms with E-state index in [2.05, 4.69) is 25.7 Å². The molecule has 0 bridgehead atoms. The van der Waals surface area contributed by atoms with Crippen molar-refractivity contribution in [3.8, 4) is 0 Å². The first-order chi connectivity index (χ1) is 18.4. The number of amides is 2. The Morgan fingerprint density at radius 2 is 1.90 bits per heavy atom. The van der Waals surface area contributed by atoms with Gasteiger partial charge in [0.05, 0.1) is 31.3 Å². The first kappa shape index (κ1) is 35.1. The molecule has 0 saturated carbocycles. The molecule has 1 rings (SSSR count). The standard InChI is InChI=1S/C30H53BN3O5/c1-8-9-11-15-24(2)16-14-17-26(31-39-30(5,6)29(3,4)23-37-7)33-28(36)25(32)22-27(35)34-18-12-10-13-20-38-21-19-34/h8-9,11,15,25-26H,2,10,12-14,16-23,32H2,1,3-7H3,(H,33,36)/b9-8-,15-11-/t25-,26-/m1/s1. The van der Waals surface area contributed by atoms with E-state index in [9.17, 15) is 9.59 Å². The smallest absolute Gasteiger partial charge is 0.317 e. The normalized spacial score (nSPS) is 17.4. The van der Waals surface area contributed by atoms with Crippen molar-refractivity contribution in [2.24, 2.45) is 11.1 Å². The predicted octanol–water partition coefficient (Wildman–Crippen LogP) is 4.12. The van der Waals surface area contributed by atoms with E-state index in [1.165, 1.54) is 0 Å². The van der Waals surface area contributed by atoms with E-state index in [-0.39, 0.29) is 29.6 Å². The van der Waals surface area contributed by atoms with Gasteiger partial charge in [0, 0.05) is 38.2 Å². The van der Waals surface area contributed by atoms with Crippen LogP contribution in [0.1, 0.15) is 79.6 Å². The van der Waals surface area contributed by atoms with Crippen LogP contribution >= 0.6 is 0 Å². The number of hydrogen-bond donors (Lipinski definition) is 2. The van der Waals surface area contributed by atoms with E-state index >= 15 is 0 Å².